The first-order chi connectivity index (χ1) is 8.48. The maximum absolute atomic E-state index is 2.54. The van der Waals surface area contributed by atoms with E-state index in [1.165, 1.54) is 29.6 Å². The van der Waals surface area contributed by atoms with Crippen molar-refractivity contribution < 1.29 is 0 Å². The Morgan fingerprint density at radius 2 is 1.83 bits per heavy atom. The van der Waals surface area contributed by atoms with Crippen molar-refractivity contribution in [1.82, 2.24) is 9.47 Å². The van der Waals surface area contributed by atoms with Gasteiger partial charge in [-0.05, 0) is 45.9 Å². The van der Waals surface area contributed by atoms with Crippen LogP contribution in [-0.2, 0) is 18.5 Å². The van der Waals surface area contributed by atoms with E-state index in [-0.39, 0.29) is 5.54 Å². The average molecular weight is 242 g/mol. The molecule has 0 unspecified atom stereocenters. The summed E-state index contributed by atoms with van der Waals surface area (Å²) in [6, 6.07) is 8.86. The maximum atomic E-state index is 2.54. The molecule has 1 aromatic carbocycles. The van der Waals surface area contributed by atoms with E-state index in [0.717, 1.165) is 6.54 Å². The van der Waals surface area contributed by atoms with E-state index in [9.17, 15) is 0 Å². The molecule has 0 spiro atoms. The molecular formula is C16H22N2. The van der Waals surface area contributed by atoms with Crippen LogP contribution in [0.5, 0.6) is 0 Å². The van der Waals surface area contributed by atoms with Crippen molar-refractivity contribution in [2.75, 3.05) is 13.6 Å². The van der Waals surface area contributed by atoms with Gasteiger partial charge in [-0.3, -0.25) is 0 Å². The van der Waals surface area contributed by atoms with Crippen LogP contribution in [0.15, 0.2) is 24.3 Å². The van der Waals surface area contributed by atoms with Crippen LogP contribution in [0.2, 0.25) is 0 Å². The van der Waals surface area contributed by atoms with Gasteiger partial charge in [0.1, 0.15) is 0 Å². The molecule has 0 bridgehead atoms. The number of likely N-dealkylation sites (N-methyl/N-ethyl adjacent to an activating group) is 1. The molecule has 0 atom stereocenters. The third-order valence-electron chi connectivity index (χ3n) is 3.92. The van der Waals surface area contributed by atoms with Gasteiger partial charge in [0.2, 0.25) is 0 Å². The van der Waals surface area contributed by atoms with Crippen molar-refractivity contribution in [2.24, 2.45) is 0 Å². The van der Waals surface area contributed by atoms with Crippen molar-refractivity contribution in [3.63, 3.8) is 0 Å². The van der Waals surface area contributed by atoms with Gasteiger partial charge < -0.3 is 9.47 Å². The number of rotatable bonds is 0. The molecule has 3 rings (SSSR count). The Bertz CT molecular complexity index is 587. The second-order valence-corrected chi connectivity index (χ2v) is 6.44. The van der Waals surface area contributed by atoms with Crippen LogP contribution in [-0.4, -0.2) is 23.1 Å². The summed E-state index contributed by atoms with van der Waals surface area (Å²) in [6.07, 6.45) is 1.18. The SMILES string of the molecule is CN1CCc2c(n(C(C)(C)C)c3ccccc23)C1. The first kappa shape index (κ1) is 11.8. The highest BCUT2D eigenvalue weighted by Crippen LogP contribution is 2.34. The van der Waals surface area contributed by atoms with Crippen LogP contribution in [0.4, 0.5) is 0 Å². The average Bonchev–Trinajstić information content (AvgIpc) is 2.61. The fourth-order valence-electron chi connectivity index (χ4n) is 3.21. The van der Waals surface area contributed by atoms with Crippen molar-refractivity contribution >= 4 is 10.9 Å². The van der Waals surface area contributed by atoms with Crippen LogP contribution in [0.25, 0.3) is 10.9 Å². The predicted molar refractivity (Wildman–Crippen MR) is 77.0 cm³/mol. The van der Waals surface area contributed by atoms with E-state index in [2.05, 4.69) is 61.6 Å². The molecule has 0 fully saturated rings. The normalized spacial score (nSPS) is 17.1. The summed E-state index contributed by atoms with van der Waals surface area (Å²) in [5, 5.41) is 1.45. The van der Waals surface area contributed by atoms with Crippen molar-refractivity contribution in [3.05, 3.63) is 35.5 Å². The maximum Gasteiger partial charge on any atom is 0.0490 e. The van der Waals surface area contributed by atoms with E-state index in [0.29, 0.717) is 0 Å². The Balaban J connectivity index is 2.35. The van der Waals surface area contributed by atoms with Gasteiger partial charge in [-0.2, -0.15) is 0 Å². The monoisotopic (exact) mass is 242 g/mol. The van der Waals surface area contributed by atoms with E-state index in [1.807, 2.05) is 0 Å². The van der Waals surface area contributed by atoms with E-state index < -0.39 is 0 Å². The summed E-state index contributed by atoms with van der Waals surface area (Å²) in [4.78, 5) is 2.42. The molecule has 0 radical (unpaired) electrons. The molecule has 0 aliphatic carbocycles. The van der Waals surface area contributed by atoms with Crippen LogP contribution < -0.4 is 0 Å². The second-order valence-electron chi connectivity index (χ2n) is 6.44. The van der Waals surface area contributed by atoms with Gasteiger partial charge in [-0.15, -0.1) is 0 Å². The number of fused-ring (bicyclic) bond motifs is 3. The Morgan fingerprint density at radius 1 is 1.11 bits per heavy atom. The van der Waals surface area contributed by atoms with Gasteiger partial charge in [0.05, 0.1) is 0 Å². The lowest BCUT2D eigenvalue weighted by atomic mass is 10.0. The highest BCUT2D eigenvalue weighted by Gasteiger charge is 2.27. The van der Waals surface area contributed by atoms with Gasteiger partial charge in [0, 0.05) is 35.2 Å². The van der Waals surface area contributed by atoms with E-state index in [4.69, 9.17) is 0 Å². The van der Waals surface area contributed by atoms with Gasteiger partial charge in [-0.25, -0.2) is 0 Å². The number of hydrogen-bond acceptors (Lipinski definition) is 1. The van der Waals surface area contributed by atoms with Crippen LogP contribution in [0.3, 0.4) is 0 Å². The van der Waals surface area contributed by atoms with Gasteiger partial charge in [-0.1, -0.05) is 18.2 Å². The van der Waals surface area contributed by atoms with Crippen molar-refractivity contribution in [1.29, 1.82) is 0 Å². The quantitative estimate of drug-likeness (QED) is 0.687. The largest absolute Gasteiger partial charge is 0.338 e. The van der Waals surface area contributed by atoms with Crippen LogP contribution in [0, 0.1) is 0 Å². The summed E-state index contributed by atoms with van der Waals surface area (Å²) in [7, 11) is 2.22. The number of nitrogens with zero attached hydrogens (tertiary/aromatic N) is 2. The Hall–Kier alpha value is -1.28. The standard InChI is InChI=1S/C16H22N2/c1-16(2,3)18-14-8-6-5-7-12(14)13-9-10-17(4)11-15(13)18/h5-8H,9-11H2,1-4H3. The van der Waals surface area contributed by atoms with E-state index >= 15 is 0 Å². The summed E-state index contributed by atoms with van der Waals surface area (Å²) >= 11 is 0. The Labute approximate surface area is 109 Å². The summed E-state index contributed by atoms with van der Waals surface area (Å²) in [5.41, 5.74) is 4.62. The molecule has 1 aliphatic rings. The minimum Gasteiger partial charge on any atom is -0.338 e. The zero-order chi connectivity index (χ0) is 12.9. The highest BCUT2D eigenvalue weighted by molar-refractivity contribution is 5.86. The Kier molecular flexibility index (Phi) is 2.53. The molecule has 2 nitrogen and oxygen atoms in total. The van der Waals surface area contributed by atoms with Gasteiger partial charge in [0.15, 0.2) is 0 Å². The first-order valence-electron chi connectivity index (χ1n) is 6.78. The number of benzene rings is 1. The highest BCUT2D eigenvalue weighted by atomic mass is 15.2. The number of aromatic nitrogens is 1. The first-order valence-corrected chi connectivity index (χ1v) is 6.78. The summed E-state index contributed by atoms with van der Waals surface area (Å²) < 4.78 is 2.54. The van der Waals surface area contributed by atoms with Crippen molar-refractivity contribution in [2.45, 2.75) is 39.3 Å². The Morgan fingerprint density at radius 3 is 2.56 bits per heavy atom. The molecule has 1 aliphatic heterocycles. The fourth-order valence-corrected chi connectivity index (χ4v) is 3.21. The topological polar surface area (TPSA) is 8.17 Å². The molecule has 2 heterocycles. The molecule has 2 aromatic rings. The second kappa shape index (κ2) is 3.86. The van der Waals surface area contributed by atoms with Gasteiger partial charge >= 0.3 is 0 Å². The molecule has 0 saturated carbocycles. The third kappa shape index (κ3) is 1.67. The minimum absolute atomic E-state index is 0.144. The molecular weight excluding hydrogens is 220 g/mol. The molecule has 0 amide bonds. The summed E-state index contributed by atoms with van der Waals surface area (Å²) in [5.74, 6) is 0. The zero-order valence-corrected chi connectivity index (χ0v) is 11.8. The van der Waals surface area contributed by atoms with E-state index in [1.54, 1.807) is 5.56 Å². The number of para-hydroxylation sites is 1. The molecule has 96 valence electrons. The third-order valence-corrected chi connectivity index (χ3v) is 3.92. The van der Waals surface area contributed by atoms with Gasteiger partial charge in [0.25, 0.3) is 0 Å². The lowest BCUT2D eigenvalue weighted by Crippen LogP contribution is -2.31. The molecule has 2 heteroatoms. The predicted octanol–water partition coefficient (Wildman–Crippen LogP) is 3.38. The molecule has 0 saturated heterocycles. The zero-order valence-electron chi connectivity index (χ0n) is 11.8. The van der Waals surface area contributed by atoms with Crippen LogP contribution in [0.1, 0.15) is 32.0 Å². The fraction of sp³-hybridized carbons (Fsp3) is 0.500. The summed E-state index contributed by atoms with van der Waals surface area (Å²) in [6.45, 7) is 9.14. The number of hydrogen-bond donors (Lipinski definition) is 0. The smallest absolute Gasteiger partial charge is 0.0490 e. The molecule has 0 N–H and O–H groups in total. The minimum atomic E-state index is 0.144. The van der Waals surface area contributed by atoms with Crippen molar-refractivity contribution in [3.8, 4) is 0 Å². The molecule has 1 aromatic heterocycles. The van der Waals surface area contributed by atoms with Crippen LogP contribution >= 0.6 is 0 Å². The molecule has 18 heavy (non-hydrogen) atoms. The lowest BCUT2D eigenvalue weighted by molar-refractivity contribution is 0.286. The lowest BCUT2D eigenvalue weighted by Gasteiger charge is -2.30.